The van der Waals surface area contributed by atoms with E-state index in [1.165, 1.54) is 21.3 Å². The van der Waals surface area contributed by atoms with Gasteiger partial charge < -0.3 is 20.0 Å². The van der Waals surface area contributed by atoms with Crippen LogP contribution in [-0.2, 0) is 19.6 Å². The standard InChI is InChI=1S/C20H21ClN4O6S/c21-13-1-3-14(4-2-13)25-8-7-15(20(25)28)19(27)23-9-11-24(12-10-23)32(29,30)17-6-5-16(31-17)18(22)26/h1-6,15H,7-12H2,(H2,22,26). The van der Waals surface area contributed by atoms with Crippen LogP contribution in [0.25, 0.3) is 0 Å². The van der Waals surface area contributed by atoms with E-state index in [-0.39, 0.29) is 48.8 Å². The fourth-order valence-corrected chi connectivity index (χ4v) is 5.33. The summed E-state index contributed by atoms with van der Waals surface area (Å²) >= 11 is 5.90. The van der Waals surface area contributed by atoms with Crippen molar-refractivity contribution in [2.45, 2.75) is 11.5 Å². The molecule has 2 fully saturated rings. The Kier molecular flexibility index (Phi) is 5.97. The molecule has 0 radical (unpaired) electrons. The van der Waals surface area contributed by atoms with E-state index in [0.717, 1.165) is 0 Å². The molecule has 32 heavy (non-hydrogen) atoms. The number of amides is 3. The van der Waals surface area contributed by atoms with Gasteiger partial charge in [0.05, 0.1) is 0 Å². The van der Waals surface area contributed by atoms with Crippen molar-refractivity contribution in [2.24, 2.45) is 11.7 Å². The fourth-order valence-electron chi connectivity index (χ4n) is 3.87. The van der Waals surface area contributed by atoms with E-state index in [4.69, 9.17) is 21.8 Å². The third-order valence-electron chi connectivity index (χ3n) is 5.61. The van der Waals surface area contributed by atoms with Crippen molar-refractivity contribution in [1.82, 2.24) is 9.21 Å². The summed E-state index contributed by atoms with van der Waals surface area (Å²) in [4.78, 5) is 40.0. The number of piperazine rings is 1. The molecule has 1 unspecified atom stereocenters. The number of sulfonamides is 1. The van der Waals surface area contributed by atoms with Gasteiger partial charge in [-0.2, -0.15) is 4.31 Å². The summed E-state index contributed by atoms with van der Waals surface area (Å²) in [6.45, 7) is 0.801. The lowest BCUT2D eigenvalue weighted by molar-refractivity contribution is -0.140. The first kappa shape index (κ1) is 22.3. The number of carbonyl (C=O) groups excluding carboxylic acids is 3. The van der Waals surface area contributed by atoms with Gasteiger partial charge in [-0.05, 0) is 42.8 Å². The number of nitrogens with two attached hydrogens (primary N) is 1. The number of benzene rings is 1. The third-order valence-corrected chi connectivity index (χ3v) is 7.64. The predicted octanol–water partition coefficient (Wildman–Crippen LogP) is 0.918. The smallest absolute Gasteiger partial charge is 0.284 e. The molecule has 2 aliphatic heterocycles. The molecule has 0 saturated carbocycles. The zero-order chi connectivity index (χ0) is 23.0. The Bertz CT molecular complexity index is 1160. The van der Waals surface area contributed by atoms with Gasteiger partial charge in [-0.3, -0.25) is 14.4 Å². The summed E-state index contributed by atoms with van der Waals surface area (Å²) < 4.78 is 31.7. The molecule has 0 aliphatic carbocycles. The van der Waals surface area contributed by atoms with Gasteiger partial charge in [-0.1, -0.05) is 11.6 Å². The highest BCUT2D eigenvalue weighted by Crippen LogP contribution is 2.28. The van der Waals surface area contributed by atoms with Crippen LogP contribution in [0.15, 0.2) is 45.9 Å². The molecular weight excluding hydrogens is 460 g/mol. The highest BCUT2D eigenvalue weighted by Gasteiger charge is 2.41. The van der Waals surface area contributed by atoms with Crippen molar-refractivity contribution < 1.29 is 27.2 Å². The van der Waals surface area contributed by atoms with Gasteiger partial charge >= 0.3 is 0 Å². The van der Waals surface area contributed by atoms with Gasteiger partial charge in [0.1, 0.15) is 5.92 Å². The average Bonchev–Trinajstić information content (AvgIpc) is 3.42. The molecule has 170 valence electrons. The predicted molar refractivity (Wildman–Crippen MR) is 114 cm³/mol. The Morgan fingerprint density at radius 3 is 2.25 bits per heavy atom. The van der Waals surface area contributed by atoms with Crippen LogP contribution < -0.4 is 10.6 Å². The van der Waals surface area contributed by atoms with Gasteiger partial charge in [0.2, 0.25) is 16.9 Å². The number of halogens is 1. The van der Waals surface area contributed by atoms with E-state index in [0.29, 0.717) is 23.7 Å². The van der Waals surface area contributed by atoms with Crippen molar-refractivity contribution in [3.63, 3.8) is 0 Å². The van der Waals surface area contributed by atoms with Crippen molar-refractivity contribution in [3.05, 3.63) is 47.2 Å². The summed E-state index contributed by atoms with van der Waals surface area (Å²) in [5, 5.41) is 0.178. The topological polar surface area (TPSA) is 134 Å². The molecule has 2 aliphatic rings. The summed E-state index contributed by atoms with van der Waals surface area (Å²) in [6, 6.07) is 9.21. The second kappa shape index (κ2) is 8.57. The van der Waals surface area contributed by atoms with Crippen LogP contribution in [0.1, 0.15) is 17.0 Å². The summed E-state index contributed by atoms with van der Waals surface area (Å²) in [5.74, 6) is -2.49. The monoisotopic (exact) mass is 480 g/mol. The second-order valence-corrected chi connectivity index (χ2v) is 9.83. The highest BCUT2D eigenvalue weighted by molar-refractivity contribution is 7.89. The number of nitrogens with zero attached hydrogens (tertiary/aromatic N) is 3. The number of anilines is 1. The van der Waals surface area contributed by atoms with Crippen LogP contribution >= 0.6 is 11.6 Å². The lowest BCUT2D eigenvalue weighted by Gasteiger charge is -2.34. The zero-order valence-corrected chi connectivity index (χ0v) is 18.5. The molecule has 2 saturated heterocycles. The van der Waals surface area contributed by atoms with E-state index < -0.39 is 21.8 Å². The Hall–Kier alpha value is -2.89. The molecule has 3 amide bonds. The molecule has 10 nitrogen and oxygen atoms in total. The van der Waals surface area contributed by atoms with Gasteiger partial charge in [-0.15, -0.1) is 0 Å². The first-order chi connectivity index (χ1) is 15.2. The van der Waals surface area contributed by atoms with Crippen molar-refractivity contribution in [2.75, 3.05) is 37.6 Å². The molecule has 2 N–H and O–H groups in total. The van der Waals surface area contributed by atoms with Crippen LogP contribution in [0.5, 0.6) is 0 Å². The van der Waals surface area contributed by atoms with Crippen LogP contribution in [0.4, 0.5) is 5.69 Å². The van der Waals surface area contributed by atoms with Crippen LogP contribution in [0, 0.1) is 5.92 Å². The minimum atomic E-state index is -3.97. The van der Waals surface area contributed by atoms with Gasteiger partial charge in [0.25, 0.3) is 15.9 Å². The van der Waals surface area contributed by atoms with E-state index in [1.54, 1.807) is 29.2 Å². The number of hydrogen-bond donors (Lipinski definition) is 1. The second-order valence-electron chi connectivity index (χ2n) is 7.52. The number of primary amides is 1. The molecule has 0 bridgehead atoms. The molecule has 0 spiro atoms. The Labute approximate surface area is 189 Å². The molecule has 2 aromatic rings. The highest BCUT2D eigenvalue weighted by atomic mass is 35.5. The Balaban J connectivity index is 1.38. The van der Waals surface area contributed by atoms with Crippen molar-refractivity contribution in [1.29, 1.82) is 0 Å². The molecular formula is C20H21ClN4O6S. The van der Waals surface area contributed by atoms with Crippen LogP contribution in [0.3, 0.4) is 0 Å². The quantitative estimate of drug-likeness (QED) is 0.632. The SMILES string of the molecule is NC(=O)c1ccc(S(=O)(=O)N2CCN(C(=O)C3CCN(c4ccc(Cl)cc4)C3=O)CC2)o1. The third kappa shape index (κ3) is 4.10. The van der Waals surface area contributed by atoms with Gasteiger partial charge in [0, 0.05) is 43.4 Å². The zero-order valence-electron chi connectivity index (χ0n) is 16.9. The molecule has 1 aromatic heterocycles. The van der Waals surface area contributed by atoms with Crippen molar-refractivity contribution >= 4 is 45.0 Å². The van der Waals surface area contributed by atoms with E-state index in [2.05, 4.69) is 0 Å². The fraction of sp³-hybridized carbons (Fsp3) is 0.350. The first-order valence-electron chi connectivity index (χ1n) is 9.94. The first-order valence-corrected chi connectivity index (χ1v) is 11.8. The lowest BCUT2D eigenvalue weighted by atomic mass is 10.1. The number of rotatable bonds is 5. The summed E-state index contributed by atoms with van der Waals surface area (Å²) in [5.41, 5.74) is 5.78. The largest absolute Gasteiger partial charge is 0.438 e. The maximum absolute atomic E-state index is 13.0. The Morgan fingerprint density at radius 2 is 1.66 bits per heavy atom. The van der Waals surface area contributed by atoms with E-state index in [1.807, 2.05) is 0 Å². The van der Waals surface area contributed by atoms with Crippen LogP contribution in [0.2, 0.25) is 5.02 Å². The summed E-state index contributed by atoms with van der Waals surface area (Å²) in [7, 11) is -3.97. The van der Waals surface area contributed by atoms with Crippen molar-refractivity contribution in [3.8, 4) is 0 Å². The number of carbonyl (C=O) groups is 3. The number of furan rings is 1. The van der Waals surface area contributed by atoms with Gasteiger partial charge in [-0.25, -0.2) is 8.42 Å². The minimum Gasteiger partial charge on any atom is -0.438 e. The minimum absolute atomic E-state index is 0.0441. The molecule has 4 rings (SSSR count). The van der Waals surface area contributed by atoms with E-state index >= 15 is 0 Å². The normalized spacial score (nSPS) is 20.0. The average molecular weight is 481 g/mol. The maximum atomic E-state index is 13.0. The molecule has 12 heteroatoms. The van der Waals surface area contributed by atoms with E-state index in [9.17, 15) is 22.8 Å². The maximum Gasteiger partial charge on any atom is 0.284 e. The molecule has 1 atom stereocenters. The van der Waals surface area contributed by atoms with Gasteiger partial charge in [0.15, 0.2) is 5.76 Å². The van der Waals surface area contributed by atoms with Crippen LogP contribution in [-0.4, -0.2) is 68.1 Å². The molecule has 1 aromatic carbocycles. The lowest BCUT2D eigenvalue weighted by Crippen LogP contribution is -2.52. The molecule has 3 heterocycles. The Morgan fingerprint density at radius 1 is 1.00 bits per heavy atom. The summed E-state index contributed by atoms with van der Waals surface area (Å²) in [6.07, 6.45) is 0.390. The number of hydrogen-bond acceptors (Lipinski definition) is 6.